The summed E-state index contributed by atoms with van der Waals surface area (Å²) in [4.78, 5) is 13.5. The van der Waals surface area contributed by atoms with Gasteiger partial charge in [-0.1, -0.05) is 0 Å². The molecule has 1 aromatic rings. The summed E-state index contributed by atoms with van der Waals surface area (Å²) in [5.41, 5.74) is 5.28. The number of hydrogen-bond acceptors (Lipinski definition) is 3. The van der Waals surface area contributed by atoms with Gasteiger partial charge in [-0.25, -0.2) is 4.98 Å². The molecule has 5 heteroatoms. The summed E-state index contributed by atoms with van der Waals surface area (Å²) >= 11 is 0. The van der Waals surface area contributed by atoms with Crippen LogP contribution in [-0.2, 0) is 11.2 Å². The molecular formula is C7H7FN2O2. The number of carbonyl (C=O) groups is 1. The van der Waals surface area contributed by atoms with Gasteiger partial charge in [0.15, 0.2) is 0 Å². The zero-order valence-corrected chi connectivity index (χ0v) is 6.12. The van der Waals surface area contributed by atoms with Crippen LogP contribution in [0.2, 0.25) is 0 Å². The van der Waals surface area contributed by atoms with Crippen molar-refractivity contribution >= 4 is 11.7 Å². The minimum absolute atomic E-state index is 0.195. The number of carboxylic acid groups (broad SMARTS) is 1. The standard InChI is InChI=1S/C7H7FN2O2/c8-7-6(9)4(1-2-10-7)3-5(11)12/h1-2H,3,9H2,(H,11,12). The Kier molecular flexibility index (Phi) is 2.23. The smallest absolute Gasteiger partial charge is 0.307 e. The molecule has 0 aliphatic carbocycles. The van der Waals surface area contributed by atoms with Gasteiger partial charge in [-0.3, -0.25) is 4.79 Å². The lowest BCUT2D eigenvalue weighted by molar-refractivity contribution is -0.136. The van der Waals surface area contributed by atoms with Crippen LogP contribution in [0.4, 0.5) is 10.1 Å². The number of carboxylic acids is 1. The summed E-state index contributed by atoms with van der Waals surface area (Å²) in [6.07, 6.45) is 0.898. The zero-order chi connectivity index (χ0) is 9.14. The topological polar surface area (TPSA) is 76.2 Å². The summed E-state index contributed by atoms with van der Waals surface area (Å²) < 4.78 is 12.6. The van der Waals surface area contributed by atoms with Crippen molar-refractivity contribution in [3.8, 4) is 0 Å². The molecule has 64 valence electrons. The van der Waals surface area contributed by atoms with Crippen LogP contribution >= 0.6 is 0 Å². The molecule has 0 atom stereocenters. The molecule has 0 fully saturated rings. The Bertz CT molecular complexity index is 314. The van der Waals surface area contributed by atoms with Gasteiger partial charge in [0, 0.05) is 6.20 Å². The summed E-state index contributed by atoms with van der Waals surface area (Å²) in [5.74, 6) is -1.87. The van der Waals surface area contributed by atoms with Gasteiger partial charge in [0.1, 0.15) is 0 Å². The van der Waals surface area contributed by atoms with E-state index >= 15 is 0 Å². The summed E-state index contributed by atoms with van der Waals surface area (Å²) in [6, 6.07) is 1.38. The molecular weight excluding hydrogens is 163 g/mol. The normalized spacial score (nSPS) is 9.75. The maximum atomic E-state index is 12.6. The van der Waals surface area contributed by atoms with Crippen molar-refractivity contribution in [1.82, 2.24) is 4.98 Å². The number of anilines is 1. The van der Waals surface area contributed by atoms with Crippen LogP contribution in [-0.4, -0.2) is 16.1 Å². The van der Waals surface area contributed by atoms with Gasteiger partial charge in [0.2, 0.25) is 5.95 Å². The number of halogens is 1. The average Bonchev–Trinajstić information content (AvgIpc) is 1.98. The highest BCUT2D eigenvalue weighted by atomic mass is 19.1. The van der Waals surface area contributed by atoms with E-state index in [1.807, 2.05) is 0 Å². The van der Waals surface area contributed by atoms with E-state index in [9.17, 15) is 9.18 Å². The predicted molar refractivity (Wildman–Crippen MR) is 39.9 cm³/mol. The van der Waals surface area contributed by atoms with E-state index in [0.29, 0.717) is 0 Å². The van der Waals surface area contributed by atoms with Crippen LogP contribution in [0.3, 0.4) is 0 Å². The molecule has 0 saturated heterocycles. The van der Waals surface area contributed by atoms with Gasteiger partial charge in [-0.15, -0.1) is 0 Å². The molecule has 12 heavy (non-hydrogen) atoms. The first kappa shape index (κ1) is 8.45. The quantitative estimate of drug-likeness (QED) is 0.631. The third kappa shape index (κ3) is 1.69. The Labute approximate surface area is 67.8 Å². The first-order valence-corrected chi connectivity index (χ1v) is 3.22. The lowest BCUT2D eigenvalue weighted by Gasteiger charge is -2.01. The molecule has 0 saturated carbocycles. The molecule has 0 amide bonds. The second-order valence-electron chi connectivity index (χ2n) is 2.25. The third-order valence-corrected chi connectivity index (χ3v) is 1.37. The van der Waals surface area contributed by atoms with Crippen LogP contribution in [0.15, 0.2) is 12.3 Å². The number of nitrogen functional groups attached to an aromatic ring is 1. The fourth-order valence-corrected chi connectivity index (χ4v) is 0.802. The van der Waals surface area contributed by atoms with Crippen LogP contribution in [0, 0.1) is 5.95 Å². The zero-order valence-electron chi connectivity index (χ0n) is 6.12. The molecule has 4 nitrogen and oxygen atoms in total. The number of rotatable bonds is 2. The van der Waals surface area contributed by atoms with Crippen LogP contribution in [0.25, 0.3) is 0 Å². The number of aromatic nitrogens is 1. The van der Waals surface area contributed by atoms with Crippen LogP contribution in [0.5, 0.6) is 0 Å². The molecule has 1 rings (SSSR count). The molecule has 0 aliphatic rings. The third-order valence-electron chi connectivity index (χ3n) is 1.37. The number of nitrogens with zero attached hydrogens (tertiary/aromatic N) is 1. The van der Waals surface area contributed by atoms with Gasteiger partial charge < -0.3 is 10.8 Å². The Morgan fingerprint density at radius 3 is 3.00 bits per heavy atom. The summed E-state index contributed by atoms with van der Waals surface area (Å²) in [6.45, 7) is 0. The number of pyridine rings is 1. The molecule has 1 heterocycles. The van der Waals surface area contributed by atoms with Crippen molar-refractivity contribution in [2.24, 2.45) is 0 Å². The van der Waals surface area contributed by atoms with E-state index in [-0.39, 0.29) is 17.7 Å². The molecule has 0 aromatic carbocycles. The molecule has 1 aromatic heterocycles. The molecule has 0 spiro atoms. The van der Waals surface area contributed by atoms with Crippen molar-refractivity contribution in [3.05, 3.63) is 23.8 Å². The van der Waals surface area contributed by atoms with Crippen LogP contribution < -0.4 is 5.73 Å². The molecule has 0 bridgehead atoms. The fraction of sp³-hybridized carbons (Fsp3) is 0.143. The molecule has 0 unspecified atom stereocenters. The number of nitrogens with two attached hydrogens (primary N) is 1. The Hall–Kier alpha value is -1.65. The SMILES string of the molecule is Nc1c(CC(=O)O)ccnc1F. The second-order valence-corrected chi connectivity index (χ2v) is 2.25. The van der Waals surface area contributed by atoms with Crippen molar-refractivity contribution in [2.45, 2.75) is 6.42 Å². The van der Waals surface area contributed by atoms with E-state index in [0.717, 1.165) is 0 Å². The van der Waals surface area contributed by atoms with Crippen molar-refractivity contribution in [2.75, 3.05) is 5.73 Å². The molecule has 0 aliphatic heterocycles. The minimum atomic E-state index is -1.05. The molecule has 3 N–H and O–H groups in total. The highest BCUT2D eigenvalue weighted by Gasteiger charge is 2.08. The fourth-order valence-electron chi connectivity index (χ4n) is 0.802. The lowest BCUT2D eigenvalue weighted by atomic mass is 10.1. The first-order chi connectivity index (χ1) is 5.61. The number of hydrogen-bond donors (Lipinski definition) is 2. The van der Waals surface area contributed by atoms with E-state index in [2.05, 4.69) is 4.98 Å². The van der Waals surface area contributed by atoms with Gasteiger partial charge in [-0.2, -0.15) is 4.39 Å². The largest absolute Gasteiger partial charge is 0.481 e. The Balaban J connectivity index is 3.00. The predicted octanol–water partition coefficient (Wildman–Crippen LogP) is 0.430. The average molecular weight is 170 g/mol. The van der Waals surface area contributed by atoms with Crippen molar-refractivity contribution in [3.63, 3.8) is 0 Å². The van der Waals surface area contributed by atoms with Gasteiger partial charge in [-0.05, 0) is 11.6 Å². The Morgan fingerprint density at radius 1 is 1.75 bits per heavy atom. The Morgan fingerprint density at radius 2 is 2.42 bits per heavy atom. The van der Waals surface area contributed by atoms with Gasteiger partial charge in [0.05, 0.1) is 12.1 Å². The maximum absolute atomic E-state index is 12.6. The van der Waals surface area contributed by atoms with Crippen molar-refractivity contribution in [1.29, 1.82) is 0 Å². The highest BCUT2D eigenvalue weighted by molar-refractivity contribution is 5.72. The highest BCUT2D eigenvalue weighted by Crippen LogP contribution is 2.13. The van der Waals surface area contributed by atoms with Gasteiger partial charge in [0.25, 0.3) is 0 Å². The molecule has 0 radical (unpaired) electrons. The second kappa shape index (κ2) is 3.17. The van der Waals surface area contributed by atoms with Crippen molar-refractivity contribution < 1.29 is 14.3 Å². The van der Waals surface area contributed by atoms with E-state index in [1.54, 1.807) is 0 Å². The summed E-state index contributed by atoms with van der Waals surface area (Å²) in [7, 11) is 0. The van der Waals surface area contributed by atoms with E-state index in [4.69, 9.17) is 10.8 Å². The lowest BCUT2D eigenvalue weighted by Crippen LogP contribution is -2.05. The van der Waals surface area contributed by atoms with Crippen LogP contribution in [0.1, 0.15) is 5.56 Å². The summed E-state index contributed by atoms with van der Waals surface area (Å²) in [5, 5.41) is 8.38. The van der Waals surface area contributed by atoms with E-state index in [1.165, 1.54) is 12.3 Å². The maximum Gasteiger partial charge on any atom is 0.307 e. The van der Waals surface area contributed by atoms with E-state index < -0.39 is 11.9 Å². The number of aliphatic carboxylic acids is 1. The minimum Gasteiger partial charge on any atom is -0.481 e. The monoisotopic (exact) mass is 170 g/mol. The van der Waals surface area contributed by atoms with Gasteiger partial charge >= 0.3 is 5.97 Å². The first-order valence-electron chi connectivity index (χ1n) is 3.22.